The van der Waals surface area contributed by atoms with Gasteiger partial charge in [0.1, 0.15) is 5.78 Å². The lowest BCUT2D eigenvalue weighted by Crippen LogP contribution is -2.65. The van der Waals surface area contributed by atoms with Gasteiger partial charge in [-0.2, -0.15) is 0 Å². The smallest absolute Gasteiger partial charge is 0.133 e. The molecular weight excluding hydrogens is 272 g/mol. The maximum Gasteiger partial charge on any atom is 0.133 e. The van der Waals surface area contributed by atoms with Crippen LogP contribution in [0.3, 0.4) is 0 Å². The van der Waals surface area contributed by atoms with E-state index in [9.17, 15) is 9.90 Å². The molecule has 4 aliphatic carbocycles. The van der Waals surface area contributed by atoms with Crippen LogP contribution in [-0.4, -0.2) is 16.5 Å². The van der Waals surface area contributed by atoms with E-state index in [1.807, 2.05) is 0 Å². The van der Waals surface area contributed by atoms with Gasteiger partial charge in [-0.15, -0.1) is 0 Å². The van der Waals surface area contributed by atoms with E-state index in [0.717, 1.165) is 38.5 Å². The van der Waals surface area contributed by atoms with E-state index in [-0.39, 0.29) is 10.8 Å². The molecule has 1 N–H and O–H groups in total. The second kappa shape index (κ2) is 4.47. The molecule has 0 unspecified atom stereocenters. The van der Waals surface area contributed by atoms with Crippen LogP contribution < -0.4 is 0 Å². The van der Waals surface area contributed by atoms with Crippen LogP contribution in [0.4, 0.5) is 0 Å². The summed E-state index contributed by atoms with van der Waals surface area (Å²) in [5.74, 6) is 1.84. The lowest BCUT2D eigenvalue weighted by Gasteiger charge is -2.64. The molecule has 0 radical (unpaired) electrons. The van der Waals surface area contributed by atoms with E-state index < -0.39 is 5.60 Å². The molecule has 6 atom stereocenters. The van der Waals surface area contributed by atoms with Crippen molar-refractivity contribution in [3.8, 4) is 0 Å². The number of ketones is 1. The number of hydrogen-bond acceptors (Lipinski definition) is 2. The van der Waals surface area contributed by atoms with Crippen LogP contribution in [0, 0.1) is 28.6 Å². The molecule has 0 aromatic rings. The maximum absolute atomic E-state index is 11.9. The van der Waals surface area contributed by atoms with Crippen LogP contribution in [-0.2, 0) is 4.79 Å². The van der Waals surface area contributed by atoms with Gasteiger partial charge in [0.05, 0.1) is 5.60 Å². The Kier molecular flexibility index (Phi) is 3.03. The highest BCUT2D eigenvalue weighted by Gasteiger charge is 2.65. The molecule has 0 bridgehead atoms. The van der Waals surface area contributed by atoms with Gasteiger partial charge in [-0.25, -0.2) is 0 Å². The fraction of sp³-hybridized carbons (Fsp3) is 0.850. The van der Waals surface area contributed by atoms with Gasteiger partial charge in [0.25, 0.3) is 0 Å². The predicted octanol–water partition coefficient (Wildman–Crippen LogP) is 4.27. The minimum atomic E-state index is -0.550. The number of fused-ring (bicyclic) bond motifs is 5. The number of Topliss-reactive ketones (excluding diaryl/α,β-unsaturated/α-hetero) is 1. The van der Waals surface area contributed by atoms with Gasteiger partial charge < -0.3 is 5.11 Å². The molecule has 0 amide bonds. The third kappa shape index (κ3) is 1.63. The number of carbonyl (C=O) groups is 1. The monoisotopic (exact) mass is 302 g/mol. The van der Waals surface area contributed by atoms with E-state index in [4.69, 9.17) is 0 Å². The number of rotatable bonds is 0. The Morgan fingerprint density at radius 2 is 1.82 bits per heavy atom. The lowest BCUT2D eigenvalue weighted by atomic mass is 9.43. The van der Waals surface area contributed by atoms with Crippen molar-refractivity contribution in [2.24, 2.45) is 28.6 Å². The standard InChI is InChI=1S/C20H30O2/c1-13-4-6-16-17-7-5-14-12-15(21)8-9-19(14,3)20(17,22)11-10-18(13,16)2/h14,16-17,22H,1,4-12H2,2-3H3/t14-,16+,17+,18-,19+,20-/m1/s1. The average molecular weight is 302 g/mol. The van der Waals surface area contributed by atoms with Gasteiger partial charge in [-0.05, 0) is 68.1 Å². The van der Waals surface area contributed by atoms with E-state index in [1.165, 1.54) is 12.0 Å². The Morgan fingerprint density at radius 1 is 1.05 bits per heavy atom. The SMILES string of the molecule is C=C1CC[C@H]2[C@@H]3CC[C@@H]4CC(=O)CC[C@]4(C)[C@@]3(O)CC[C@]12C. The van der Waals surface area contributed by atoms with Gasteiger partial charge in [0.2, 0.25) is 0 Å². The Balaban J connectivity index is 1.72. The summed E-state index contributed by atoms with van der Waals surface area (Å²) in [5, 5.41) is 11.8. The number of carbonyl (C=O) groups excluding carboxylic acids is 1. The Hall–Kier alpha value is -0.630. The fourth-order valence-corrected chi connectivity index (χ4v) is 6.90. The van der Waals surface area contributed by atoms with Crippen molar-refractivity contribution >= 4 is 5.78 Å². The van der Waals surface area contributed by atoms with Crippen molar-refractivity contribution in [2.75, 3.05) is 0 Å². The van der Waals surface area contributed by atoms with Crippen molar-refractivity contribution in [2.45, 2.75) is 77.2 Å². The van der Waals surface area contributed by atoms with Crippen molar-refractivity contribution in [3.63, 3.8) is 0 Å². The zero-order valence-corrected chi connectivity index (χ0v) is 14.2. The third-order valence-corrected chi connectivity index (χ3v) is 8.62. The largest absolute Gasteiger partial charge is 0.389 e. The molecule has 0 saturated heterocycles. The molecule has 22 heavy (non-hydrogen) atoms. The van der Waals surface area contributed by atoms with E-state index in [0.29, 0.717) is 36.4 Å². The first-order valence-electron chi connectivity index (χ1n) is 9.23. The van der Waals surface area contributed by atoms with Gasteiger partial charge in [-0.1, -0.05) is 26.0 Å². The molecule has 4 rings (SSSR count). The first-order valence-corrected chi connectivity index (χ1v) is 9.23. The Morgan fingerprint density at radius 3 is 2.59 bits per heavy atom. The molecule has 0 aliphatic heterocycles. The van der Waals surface area contributed by atoms with Crippen LogP contribution in [0.1, 0.15) is 71.6 Å². The highest BCUT2D eigenvalue weighted by molar-refractivity contribution is 5.79. The highest BCUT2D eigenvalue weighted by Crippen LogP contribution is 2.68. The molecule has 0 aromatic heterocycles. The molecule has 4 saturated carbocycles. The van der Waals surface area contributed by atoms with Crippen molar-refractivity contribution in [1.29, 1.82) is 0 Å². The number of allylic oxidation sites excluding steroid dienone is 1. The summed E-state index contributed by atoms with van der Waals surface area (Å²) in [5.41, 5.74) is 1.08. The lowest BCUT2D eigenvalue weighted by molar-refractivity contribution is -0.227. The molecule has 4 fully saturated rings. The summed E-state index contributed by atoms with van der Waals surface area (Å²) in [6.07, 6.45) is 8.87. The summed E-state index contributed by atoms with van der Waals surface area (Å²) in [7, 11) is 0. The minimum Gasteiger partial charge on any atom is -0.389 e. The summed E-state index contributed by atoms with van der Waals surface area (Å²) in [6, 6.07) is 0. The normalized spacial score (nSPS) is 54.6. The van der Waals surface area contributed by atoms with Gasteiger partial charge in [-0.3, -0.25) is 4.79 Å². The second-order valence-corrected chi connectivity index (χ2v) is 9.13. The van der Waals surface area contributed by atoms with E-state index in [1.54, 1.807) is 0 Å². The maximum atomic E-state index is 11.9. The van der Waals surface area contributed by atoms with Crippen LogP contribution in [0.2, 0.25) is 0 Å². The van der Waals surface area contributed by atoms with Gasteiger partial charge in [0, 0.05) is 18.3 Å². The highest BCUT2D eigenvalue weighted by atomic mass is 16.3. The molecule has 4 aliphatic rings. The van der Waals surface area contributed by atoms with Crippen molar-refractivity contribution in [1.82, 2.24) is 0 Å². The van der Waals surface area contributed by atoms with Gasteiger partial charge in [0.15, 0.2) is 0 Å². The molecule has 0 spiro atoms. The van der Waals surface area contributed by atoms with Crippen LogP contribution in [0.15, 0.2) is 12.2 Å². The topological polar surface area (TPSA) is 37.3 Å². The zero-order chi connectivity index (χ0) is 15.8. The van der Waals surface area contributed by atoms with E-state index in [2.05, 4.69) is 20.4 Å². The molecule has 0 heterocycles. The first kappa shape index (κ1) is 14.9. The third-order valence-electron chi connectivity index (χ3n) is 8.62. The quantitative estimate of drug-likeness (QED) is 0.679. The average Bonchev–Trinajstić information content (AvgIpc) is 2.77. The van der Waals surface area contributed by atoms with Crippen molar-refractivity contribution < 1.29 is 9.90 Å². The second-order valence-electron chi connectivity index (χ2n) is 9.13. The van der Waals surface area contributed by atoms with Crippen LogP contribution >= 0.6 is 0 Å². The Bertz CT molecular complexity index is 538. The molecule has 0 aromatic carbocycles. The first-order chi connectivity index (χ1) is 10.3. The van der Waals surface area contributed by atoms with Gasteiger partial charge >= 0.3 is 0 Å². The minimum absolute atomic E-state index is 0.0465. The van der Waals surface area contributed by atoms with Crippen LogP contribution in [0.25, 0.3) is 0 Å². The summed E-state index contributed by atoms with van der Waals surface area (Å²) in [6.45, 7) is 9.04. The molecular formula is C20H30O2. The molecule has 2 heteroatoms. The van der Waals surface area contributed by atoms with Crippen LogP contribution in [0.5, 0.6) is 0 Å². The molecule has 2 nitrogen and oxygen atoms in total. The van der Waals surface area contributed by atoms with Crippen molar-refractivity contribution in [3.05, 3.63) is 12.2 Å². The summed E-state index contributed by atoms with van der Waals surface area (Å²) < 4.78 is 0. The molecule has 122 valence electrons. The fourth-order valence-electron chi connectivity index (χ4n) is 6.90. The summed E-state index contributed by atoms with van der Waals surface area (Å²) in [4.78, 5) is 11.9. The van der Waals surface area contributed by atoms with E-state index >= 15 is 0 Å². The number of hydrogen-bond donors (Lipinski definition) is 1. The number of aliphatic hydroxyl groups is 1. The summed E-state index contributed by atoms with van der Waals surface area (Å²) >= 11 is 0. The Labute approximate surface area is 134 Å². The predicted molar refractivity (Wildman–Crippen MR) is 87.3 cm³/mol. The zero-order valence-electron chi connectivity index (χ0n) is 14.2.